The van der Waals surface area contributed by atoms with Gasteiger partial charge in [-0.3, -0.25) is 14.4 Å². The van der Waals surface area contributed by atoms with Gasteiger partial charge in [0.25, 0.3) is 0 Å². The lowest BCUT2D eigenvalue weighted by atomic mass is 9.85. The van der Waals surface area contributed by atoms with Crippen LogP contribution in [0.3, 0.4) is 0 Å². The number of anilines is 1. The lowest BCUT2D eigenvalue weighted by Crippen LogP contribution is -2.34. The monoisotopic (exact) mass is 431 g/mol. The molecule has 0 N–H and O–H groups in total. The number of hydrogen-bond donors (Lipinski definition) is 0. The van der Waals surface area contributed by atoms with Crippen molar-refractivity contribution in [1.29, 1.82) is 0 Å². The minimum Gasteiger partial charge on any atom is -0.497 e. The van der Waals surface area contributed by atoms with E-state index in [1.54, 1.807) is 42.5 Å². The molecule has 7 heteroatoms. The molecule has 0 unspecified atom stereocenters. The van der Waals surface area contributed by atoms with Gasteiger partial charge in [0.15, 0.2) is 12.4 Å². The summed E-state index contributed by atoms with van der Waals surface area (Å²) < 4.78 is 10.4. The molecule has 3 aliphatic rings. The van der Waals surface area contributed by atoms with Gasteiger partial charge in [0.05, 0.1) is 30.2 Å². The Kier molecular flexibility index (Phi) is 4.89. The summed E-state index contributed by atoms with van der Waals surface area (Å²) in [5.74, 6) is -1.76. The van der Waals surface area contributed by atoms with Crippen LogP contribution in [0.5, 0.6) is 5.75 Å². The molecule has 2 bridgehead atoms. The SMILES string of the molecule is COc1cccc(C(=O)COC(=O)c2ccccc2N2C(=O)[C@@H]3[C@@H](C2=O)[C@H]2C=C[C@H]3C2)c1. The quantitative estimate of drug-likeness (QED) is 0.302. The Labute approximate surface area is 184 Å². The Morgan fingerprint density at radius 1 is 0.969 bits per heavy atom. The zero-order valence-electron chi connectivity index (χ0n) is 17.4. The van der Waals surface area contributed by atoms with Crippen molar-refractivity contribution < 1.29 is 28.7 Å². The molecule has 0 aromatic heterocycles. The molecule has 1 saturated heterocycles. The molecule has 1 aliphatic heterocycles. The topological polar surface area (TPSA) is 90.0 Å². The van der Waals surface area contributed by atoms with E-state index >= 15 is 0 Å². The lowest BCUT2D eigenvalue weighted by Gasteiger charge is -2.20. The normalized spacial score (nSPS) is 25.2. The second kappa shape index (κ2) is 7.75. The second-order valence-electron chi connectivity index (χ2n) is 8.26. The van der Waals surface area contributed by atoms with Crippen LogP contribution in [0.15, 0.2) is 60.7 Å². The van der Waals surface area contributed by atoms with Crippen LogP contribution in [-0.2, 0) is 14.3 Å². The summed E-state index contributed by atoms with van der Waals surface area (Å²) in [6.45, 7) is -0.471. The summed E-state index contributed by atoms with van der Waals surface area (Å²) in [5, 5.41) is 0. The number of fused-ring (bicyclic) bond motifs is 5. The molecule has 4 atom stereocenters. The number of carbonyl (C=O) groups excluding carboxylic acids is 4. The highest BCUT2D eigenvalue weighted by atomic mass is 16.5. The number of nitrogens with zero attached hydrogens (tertiary/aromatic N) is 1. The van der Waals surface area contributed by atoms with Crippen molar-refractivity contribution in [2.24, 2.45) is 23.7 Å². The van der Waals surface area contributed by atoms with Gasteiger partial charge in [0, 0.05) is 5.56 Å². The molecule has 0 radical (unpaired) electrons. The van der Waals surface area contributed by atoms with Crippen molar-refractivity contribution in [3.05, 3.63) is 71.8 Å². The van der Waals surface area contributed by atoms with Crippen molar-refractivity contribution in [1.82, 2.24) is 0 Å². The van der Waals surface area contributed by atoms with Gasteiger partial charge in [0.2, 0.25) is 11.8 Å². The Bertz CT molecular complexity index is 1140. The van der Waals surface area contributed by atoms with E-state index in [-0.39, 0.29) is 52.5 Å². The van der Waals surface area contributed by atoms with Gasteiger partial charge in [-0.2, -0.15) is 0 Å². The van der Waals surface area contributed by atoms with E-state index in [1.165, 1.54) is 13.2 Å². The second-order valence-corrected chi connectivity index (χ2v) is 8.26. The van der Waals surface area contributed by atoms with Crippen molar-refractivity contribution in [3.63, 3.8) is 0 Å². The number of amides is 2. The Morgan fingerprint density at radius 2 is 1.66 bits per heavy atom. The number of carbonyl (C=O) groups is 4. The van der Waals surface area contributed by atoms with Gasteiger partial charge in [-0.15, -0.1) is 0 Å². The number of imide groups is 1. The summed E-state index contributed by atoms with van der Waals surface area (Å²) >= 11 is 0. The molecule has 2 amide bonds. The Hall–Kier alpha value is -3.74. The largest absolute Gasteiger partial charge is 0.497 e. The van der Waals surface area contributed by atoms with E-state index < -0.39 is 12.6 Å². The summed E-state index contributed by atoms with van der Waals surface area (Å²) in [6, 6.07) is 12.9. The van der Waals surface area contributed by atoms with Crippen LogP contribution in [0.1, 0.15) is 27.1 Å². The number of allylic oxidation sites excluding steroid dienone is 2. The molecule has 2 aliphatic carbocycles. The van der Waals surface area contributed by atoms with Crippen LogP contribution in [0.4, 0.5) is 5.69 Å². The van der Waals surface area contributed by atoms with Gasteiger partial charge in [-0.1, -0.05) is 36.4 Å². The molecule has 162 valence electrons. The van der Waals surface area contributed by atoms with Crippen LogP contribution in [0.25, 0.3) is 0 Å². The highest BCUT2D eigenvalue weighted by Gasteiger charge is 2.59. The average Bonchev–Trinajstić information content (AvgIpc) is 3.51. The molecule has 0 spiro atoms. The van der Waals surface area contributed by atoms with Gasteiger partial charge in [-0.25, -0.2) is 9.69 Å². The molecule has 1 saturated carbocycles. The van der Waals surface area contributed by atoms with Crippen molar-refractivity contribution in [3.8, 4) is 5.75 Å². The third kappa shape index (κ3) is 3.12. The fourth-order valence-electron chi connectivity index (χ4n) is 5.07. The molecule has 1 heterocycles. The smallest absolute Gasteiger partial charge is 0.340 e. The van der Waals surface area contributed by atoms with Gasteiger partial charge >= 0.3 is 5.97 Å². The molecule has 2 fully saturated rings. The number of esters is 1. The minimum absolute atomic E-state index is 0.0750. The number of Topliss-reactive ketones (excluding diaryl/α,β-unsaturated/α-hetero) is 1. The maximum Gasteiger partial charge on any atom is 0.340 e. The average molecular weight is 431 g/mol. The highest BCUT2D eigenvalue weighted by molar-refractivity contribution is 6.24. The molecule has 7 nitrogen and oxygen atoms in total. The molecule has 2 aromatic rings. The maximum absolute atomic E-state index is 13.1. The van der Waals surface area contributed by atoms with E-state index in [2.05, 4.69) is 0 Å². The van der Waals surface area contributed by atoms with E-state index in [0.717, 1.165) is 11.3 Å². The molecular formula is C25H21NO6. The first-order chi connectivity index (χ1) is 15.5. The van der Waals surface area contributed by atoms with Gasteiger partial charge in [-0.05, 0) is 42.5 Å². The standard InChI is InChI=1S/C25H21NO6/c1-31-17-6-4-5-14(12-17)20(27)13-32-25(30)18-7-2-3-8-19(18)26-23(28)21-15-9-10-16(11-15)22(21)24(26)29/h2-10,12,15-16,21-22H,11,13H2,1H3/t15-,16-,21-,22-/m0/s1. The predicted octanol–water partition coefficient (Wildman–Crippen LogP) is 3.05. The highest BCUT2D eigenvalue weighted by Crippen LogP contribution is 2.53. The number of benzene rings is 2. The molecule has 32 heavy (non-hydrogen) atoms. The summed E-state index contributed by atoms with van der Waals surface area (Å²) in [5.41, 5.74) is 0.634. The summed E-state index contributed by atoms with van der Waals surface area (Å²) in [7, 11) is 1.50. The number of ketones is 1. The number of ether oxygens (including phenoxy) is 2. The van der Waals surface area contributed by atoms with Crippen molar-refractivity contribution in [2.45, 2.75) is 6.42 Å². The first-order valence-electron chi connectivity index (χ1n) is 10.5. The van der Waals surface area contributed by atoms with E-state index in [9.17, 15) is 19.2 Å². The lowest BCUT2D eigenvalue weighted by molar-refractivity contribution is -0.123. The third-order valence-corrected chi connectivity index (χ3v) is 6.56. The van der Waals surface area contributed by atoms with Crippen LogP contribution in [0.2, 0.25) is 0 Å². The number of hydrogen-bond acceptors (Lipinski definition) is 6. The number of rotatable bonds is 6. The zero-order valence-corrected chi connectivity index (χ0v) is 17.4. The Balaban J connectivity index is 1.35. The first-order valence-corrected chi connectivity index (χ1v) is 10.5. The predicted molar refractivity (Wildman–Crippen MR) is 114 cm³/mol. The first kappa shape index (κ1) is 20.2. The van der Waals surface area contributed by atoms with Crippen LogP contribution >= 0.6 is 0 Å². The van der Waals surface area contributed by atoms with Gasteiger partial charge < -0.3 is 9.47 Å². The minimum atomic E-state index is -0.768. The number of methoxy groups -OCH3 is 1. The molecular weight excluding hydrogens is 410 g/mol. The fourth-order valence-corrected chi connectivity index (χ4v) is 5.07. The molecule has 5 rings (SSSR count). The van der Waals surface area contributed by atoms with Gasteiger partial charge in [0.1, 0.15) is 5.75 Å². The number of para-hydroxylation sites is 1. The van der Waals surface area contributed by atoms with E-state index in [0.29, 0.717) is 11.3 Å². The van der Waals surface area contributed by atoms with Crippen LogP contribution in [-0.4, -0.2) is 37.3 Å². The summed E-state index contributed by atoms with van der Waals surface area (Å²) in [4.78, 5) is 52.6. The zero-order chi connectivity index (χ0) is 22.4. The van der Waals surface area contributed by atoms with Crippen molar-refractivity contribution in [2.75, 3.05) is 18.6 Å². The summed E-state index contributed by atoms with van der Waals surface area (Å²) in [6.07, 6.45) is 4.87. The van der Waals surface area contributed by atoms with Crippen LogP contribution < -0.4 is 9.64 Å². The third-order valence-electron chi connectivity index (χ3n) is 6.56. The van der Waals surface area contributed by atoms with E-state index in [4.69, 9.17) is 9.47 Å². The maximum atomic E-state index is 13.1. The molecule has 2 aromatic carbocycles. The van der Waals surface area contributed by atoms with Crippen LogP contribution in [0, 0.1) is 23.7 Å². The van der Waals surface area contributed by atoms with Crippen molar-refractivity contribution >= 4 is 29.3 Å². The van der Waals surface area contributed by atoms with E-state index in [1.807, 2.05) is 12.2 Å². The fraction of sp³-hybridized carbons (Fsp3) is 0.280. The Morgan fingerprint density at radius 3 is 2.34 bits per heavy atom.